The SMILES string of the molecule is CNCCN(C)C(=O)NC(C(=O)O)C1CCCCC1. The van der Waals surface area contributed by atoms with Crippen LogP contribution in [0.1, 0.15) is 32.1 Å². The lowest BCUT2D eigenvalue weighted by atomic mass is 9.84. The average Bonchev–Trinajstić information content (AvgIpc) is 2.42. The number of aliphatic carboxylic acids is 1. The third-order valence-corrected chi connectivity index (χ3v) is 3.71. The predicted molar refractivity (Wildman–Crippen MR) is 73.1 cm³/mol. The molecule has 1 unspecified atom stereocenters. The van der Waals surface area contributed by atoms with E-state index in [9.17, 15) is 14.7 Å². The number of hydrogen-bond acceptors (Lipinski definition) is 3. The Morgan fingerprint density at radius 1 is 1.32 bits per heavy atom. The van der Waals surface area contributed by atoms with Crippen molar-refractivity contribution >= 4 is 12.0 Å². The second-order valence-corrected chi connectivity index (χ2v) is 5.19. The fraction of sp³-hybridized carbons (Fsp3) is 0.846. The summed E-state index contributed by atoms with van der Waals surface area (Å²) in [7, 11) is 3.49. The van der Waals surface area contributed by atoms with Gasteiger partial charge in [0.05, 0.1) is 0 Å². The standard InChI is InChI=1S/C13H25N3O3/c1-14-8-9-16(2)13(19)15-11(12(17)18)10-6-4-3-5-7-10/h10-11,14H,3-9H2,1-2H3,(H,15,19)(H,17,18). The monoisotopic (exact) mass is 271 g/mol. The number of urea groups is 1. The molecule has 0 aromatic rings. The highest BCUT2D eigenvalue weighted by Crippen LogP contribution is 2.26. The smallest absolute Gasteiger partial charge is 0.326 e. The van der Waals surface area contributed by atoms with Crippen molar-refractivity contribution in [3.05, 3.63) is 0 Å². The van der Waals surface area contributed by atoms with Gasteiger partial charge in [0, 0.05) is 20.1 Å². The highest BCUT2D eigenvalue weighted by molar-refractivity contribution is 5.82. The number of carbonyl (C=O) groups excluding carboxylic acids is 1. The second-order valence-electron chi connectivity index (χ2n) is 5.19. The Morgan fingerprint density at radius 2 is 1.95 bits per heavy atom. The molecule has 0 bridgehead atoms. The van der Waals surface area contributed by atoms with Crippen molar-refractivity contribution in [3.8, 4) is 0 Å². The maximum absolute atomic E-state index is 11.9. The van der Waals surface area contributed by atoms with Crippen molar-refractivity contribution < 1.29 is 14.7 Å². The Labute approximate surface area is 114 Å². The summed E-state index contributed by atoms with van der Waals surface area (Å²) in [6.45, 7) is 1.24. The molecule has 1 rings (SSSR count). The van der Waals surface area contributed by atoms with E-state index >= 15 is 0 Å². The first-order valence-electron chi connectivity index (χ1n) is 6.95. The summed E-state index contributed by atoms with van der Waals surface area (Å²) in [5.74, 6) is -0.866. The molecule has 1 saturated carbocycles. The van der Waals surface area contributed by atoms with Gasteiger partial charge in [0.2, 0.25) is 0 Å². The summed E-state index contributed by atoms with van der Waals surface area (Å²) < 4.78 is 0. The Hall–Kier alpha value is -1.30. The van der Waals surface area contributed by atoms with Crippen LogP contribution < -0.4 is 10.6 Å². The van der Waals surface area contributed by atoms with Gasteiger partial charge in [-0.2, -0.15) is 0 Å². The predicted octanol–water partition coefficient (Wildman–Crippen LogP) is 0.881. The third kappa shape index (κ3) is 5.06. The molecule has 0 saturated heterocycles. The fourth-order valence-corrected chi connectivity index (χ4v) is 2.47. The highest BCUT2D eigenvalue weighted by atomic mass is 16.4. The van der Waals surface area contributed by atoms with E-state index in [1.807, 2.05) is 7.05 Å². The van der Waals surface area contributed by atoms with Crippen LogP contribution in [-0.4, -0.2) is 55.2 Å². The first-order chi connectivity index (χ1) is 9.06. The summed E-state index contributed by atoms with van der Waals surface area (Å²) in [4.78, 5) is 24.8. The van der Waals surface area contributed by atoms with Gasteiger partial charge in [0.25, 0.3) is 0 Å². The van der Waals surface area contributed by atoms with E-state index in [1.54, 1.807) is 7.05 Å². The van der Waals surface area contributed by atoms with Crippen LogP contribution >= 0.6 is 0 Å². The molecule has 110 valence electrons. The molecule has 1 fully saturated rings. The molecule has 2 amide bonds. The summed E-state index contributed by atoms with van der Waals surface area (Å²) >= 11 is 0. The van der Waals surface area contributed by atoms with E-state index in [1.165, 1.54) is 11.3 Å². The number of likely N-dealkylation sites (N-methyl/N-ethyl adjacent to an activating group) is 2. The molecule has 0 aromatic carbocycles. The molecule has 19 heavy (non-hydrogen) atoms. The van der Waals surface area contributed by atoms with Crippen LogP contribution in [0.25, 0.3) is 0 Å². The molecule has 0 radical (unpaired) electrons. The number of nitrogens with one attached hydrogen (secondary N) is 2. The summed E-state index contributed by atoms with van der Waals surface area (Å²) in [5, 5.41) is 14.9. The molecule has 1 aliphatic carbocycles. The molecule has 0 aliphatic heterocycles. The van der Waals surface area contributed by atoms with E-state index in [4.69, 9.17) is 0 Å². The lowest BCUT2D eigenvalue weighted by Crippen LogP contribution is -2.51. The molecule has 0 aromatic heterocycles. The molecular weight excluding hydrogens is 246 g/mol. The number of rotatable bonds is 6. The maximum atomic E-state index is 11.9. The van der Waals surface area contributed by atoms with Gasteiger partial charge in [0.1, 0.15) is 6.04 Å². The topological polar surface area (TPSA) is 81.7 Å². The van der Waals surface area contributed by atoms with Crippen molar-refractivity contribution in [2.24, 2.45) is 5.92 Å². The number of nitrogens with zero attached hydrogens (tertiary/aromatic N) is 1. The van der Waals surface area contributed by atoms with Crippen molar-refractivity contribution in [1.29, 1.82) is 0 Å². The van der Waals surface area contributed by atoms with Gasteiger partial charge in [-0.25, -0.2) is 9.59 Å². The van der Waals surface area contributed by atoms with E-state index in [0.29, 0.717) is 13.1 Å². The molecule has 6 nitrogen and oxygen atoms in total. The van der Waals surface area contributed by atoms with Crippen molar-refractivity contribution in [2.45, 2.75) is 38.1 Å². The van der Waals surface area contributed by atoms with Gasteiger partial charge < -0.3 is 20.6 Å². The number of amides is 2. The Bertz CT molecular complexity index is 304. The minimum atomic E-state index is -0.928. The van der Waals surface area contributed by atoms with Gasteiger partial charge in [-0.15, -0.1) is 0 Å². The largest absolute Gasteiger partial charge is 0.480 e. The van der Waals surface area contributed by atoms with Crippen LogP contribution in [-0.2, 0) is 4.79 Å². The molecule has 3 N–H and O–H groups in total. The van der Waals surface area contributed by atoms with Crippen LogP contribution in [0.15, 0.2) is 0 Å². The molecule has 0 heterocycles. The highest BCUT2D eigenvalue weighted by Gasteiger charge is 2.31. The number of carboxylic acid groups (broad SMARTS) is 1. The van der Waals surface area contributed by atoms with Crippen LogP contribution in [0.2, 0.25) is 0 Å². The zero-order valence-corrected chi connectivity index (χ0v) is 11.8. The van der Waals surface area contributed by atoms with Crippen molar-refractivity contribution in [3.63, 3.8) is 0 Å². The average molecular weight is 271 g/mol. The van der Waals surface area contributed by atoms with Crippen LogP contribution in [0.5, 0.6) is 0 Å². The summed E-state index contributed by atoms with van der Waals surface area (Å²) in [5.41, 5.74) is 0. The zero-order chi connectivity index (χ0) is 14.3. The van der Waals surface area contributed by atoms with Crippen molar-refractivity contribution in [1.82, 2.24) is 15.5 Å². The Balaban J connectivity index is 2.52. The summed E-state index contributed by atoms with van der Waals surface area (Å²) in [6, 6.07) is -1.07. The normalized spacial score (nSPS) is 17.8. The molecule has 6 heteroatoms. The Kier molecular flexibility index (Phi) is 6.62. The number of carboxylic acids is 1. The van der Waals surface area contributed by atoms with Gasteiger partial charge >= 0.3 is 12.0 Å². The van der Waals surface area contributed by atoms with Gasteiger partial charge in [-0.05, 0) is 25.8 Å². The third-order valence-electron chi connectivity index (χ3n) is 3.71. The van der Waals surface area contributed by atoms with Gasteiger partial charge in [-0.3, -0.25) is 0 Å². The zero-order valence-electron chi connectivity index (χ0n) is 11.8. The van der Waals surface area contributed by atoms with Gasteiger partial charge in [0.15, 0.2) is 0 Å². The molecule has 0 spiro atoms. The second kappa shape index (κ2) is 7.99. The lowest BCUT2D eigenvalue weighted by molar-refractivity contribution is -0.141. The summed E-state index contributed by atoms with van der Waals surface area (Å²) in [6.07, 6.45) is 5.05. The minimum absolute atomic E-state index is 0.0629. The van der Waals surface area contributed by atoms with Crippen molar-refractivity contribution in [2.75, 3.05) is 27.2 Å². The van der Waals surface area contributed by atoms with Crippen LogP contribution in [0.4, 0.5) is 4.79 Å². The van der Waals surface area contributed by atoms with E-state index in [0.717, 1.165) is 25.7 Å². The Morgan fingerprint density at radius 3 is 2.47 bits per heavy atom. The molecular formula is C13H25N3O3. The van der Waals surface area contributed by atoms with E-state index < -0.39 is 12.0 Å². The quantitative estimate of drug-likeness (QED) is 0.670. The molecule has 1 aliphatic rings. The minimum Gasteiger partial charge on any atom is -0.480 e. The van der Waals surface area contributed by atoms with E-state index in [-0.39, 0.29) is 11.9 Å². The maximum Gasteiger partial charge on any atom is 0.326 e. The van der Waals surface area contributed by atoms with Crippen LogP contribution in [0.3, 0.4) is 0 Å². The lowest BCUT2D eigenvalue weighted by Gasteiger charge is -2.29. The van der Waals surface area contributed by atoms with E-state index in [2.05, 4.69) is 10.6 Å². The number of carbonyl (C=O) groups is 2. The fourth-order valence-electron chi connectivity index (χ4n) is 2.47. The first kappa shape index (κ1) is 15.8. The van der Waals surface area contributed by atoms with Crippen LogP contribution in [0, 0.1) is 5.92 Å². The van der Waals surface area contributed by atoms with Gasteiger partial charge in [-0.1, -0.05) is 19.3 Å². The number of hydrogen-bond donors (Lipinski definition) is 3. The molecule has 1 atom stereocenters. The first-order valence-corrected chi connectivity index (χ1v) is 6.95.